The van der Waals surface area contributed by atoms with E-state index in [1.54, 1.807) is 49.9 Å². The Morgan fingerprint density at radius 1 is 0.976 bits per heavy atom. The quantitative estimate of drug-likeness (QED) is 0.232. The van der Waals surface area contributed by atoms with Crippen molar-refractivity contribution < 1.29 is 24.2 Å². The van der Waals surface area contributed by atoms with Crippen LogP contribution in [0.2, 0.25) is 5.02 Å². The fraction of sp³-hybridized carbons (Fsp3) is 0.545. The number of ether oxygens (including phenoxy) is 1. The van der Waals surface area contributed by atoms with Crippen molar-refractivity contribution in [2.45, 2.75) is 105 Å². The van der Waals surface area contributed by atoms with Crippen LogP contribution in [0.15, 0.2) is 42.5 Å². The Morgan fingerprint density at radius 2 is 1.62 bits per heavy atom. The molecule has 3 atom stereocenters. The summed E-state index contributed by atoms with van der Waals surface area (Å²) in [6.45, 7) is 17.1. The lowest BCUT2D eigenvalue weighted by Gasteiger charge is -2.39. The highest BCUT2D eigenvalue weighted by Gasteiger charge is 2.39. The number of nitrogens with zero attached hydrogens (tertiary/aromatic N) is 1. The van der Waals surface area contributed by atoms with Gasteiger partial charge in [0.1, 0.15) is 23.4 Å². The molecule has 2 rings (SSSR count). The first-order valence-electron chi connectivity index (χ1n) is 14.7. The number of benzene rings is 2. The number of aryl methyl sites for hydroxylation is 1. The smallest absolute Gasteiger partial charge is 0.408 e. The van der Waals surface area contributed by atoms with Crippen LogP contribution in [0.1, 0.15) is 91.8 Å². The fourth-order valence-electron chi connectivity index (χ4n) is 4.75. The van der Waals surface area contributed by atoms with Crippen molar-refractivity contribution in [1.82, 2.24) is 10.2 Å². The number of nitrogens with one attached hydrogen (secondary N) is 2. The average Bonchev–Trinajstić information content (AvgIpc) is 2.85. The number of carbonyl (C=O) groups excluding carboxylic acids is 3. The van der Waals surface area contributed by atoms with Gasteiger partial charge in [-0.25, -0.2) is 4.79 Å². The van der Waals surface area contributed by atoms with Gasteiger partial charge in [0, 0.05) is 6.04 Å². The van der Waals surface area contributed by atoms with Gasteiger partial charge >= 0.3 is 6.09 Å². The van der Waals surface area contributed by atoms with E-state index in [9.17, 15) is 19.5 Å². The minimum absolute atomic E-state index is 0.0351. The molecule has 232 valence electrons. The van der Waals surface area contributed by atoms with E-state index in [1.807, 2.05) is 33.8 Å². The van der Waals surface area contributed by atoms with Crippen LogP contribution in [0, 0.1) is 18.8 Å². The van der Waals surface area contributed by atoms with E-state index in [4.69, 9.17) is 16.3 Å². The third-order valence-corrected chi connectivity index (χ3v) is 7.08. The molecule has 0 aliphatic carbocycles. The summed E-state index contributed by atoms with van der Waals surface area (Å²) in [6, 6.07) is 9.19. The Kier molecular flexibility index (Phi) is 12.7. The summed E-state index contributed by atoms with van der Waals surface area (Å²) >= 11 is 6.46. The molecule has 42 heavy (non-hydrogen) atoms. The third kappa shape index (κ3) is 10.5. The van der Waals surface area contributed by atoms with Crippen LogP contribution in [0.3, 0.4) is 0 Å². The molecule has 0 saturated heterocycles. The number of rotatable bonds is 12. The van der Waals surface area contributed by atoms with E-state index in [0.717, 1.165) is 12.0 Å². The second-order valence-corrected chi connectivity index (χ2v) is 13.2. The van der Waals surface area contributed by atoms with E-state index in [1.165, 1.54) is 12.1 Å². The molecule has 0 aliphatic rings. The van der Waals surface area contributed by atoms with Crippen LogP contribution in [-0.2, 0) is 14.3 Å². The lowest BCUT2D eigenvalue weighted by Crippen LogP contribution is -2.55. The predicted octanol–water partition coefficient (Wildman–Crippen LogP) is 7.63. The van der Waals surface area contributed by atoms with E-state index in [-0.39, 0.29) is 17.7 Å². The number of hydrogen-bond donors (Lipinski definition) is 3. The van der Waals surface area contributed by atoms with Gasteiger partial charge < -0.3 is 25.4 Å². The molecule has 2 aromatic carbocycles. The van der Waals surface area contributed by atoms with Gasteiger partial charge in [0.05, 0.1) is 10.7 Å². The first-order chi connectivity index (χ1) is 19.5. The molecule has 0 aromatic heterocycles. The molecule has 0 heterocycles. The molecule has 0 bridgehead atoms. The molecular formula is C33H48ClN3O5. The molecule has 3 unspecified atom stereocenters. The average molecular weight is 602 g/mol. The van der Waals surface area contributed by atoms with Gasteiger partial charge in [-0.1, -0.05) is 63.6 Å². The molecule has 8 nitrogen and oxygen atoms in total. The Bertz CT molecular complexity index is 1200. The predicted molar refractivity (Wildman–Crippen MR) is 169 cm³/mol. The highest BCUT2D eigenvalue weighted by Crippen LogP contribution is 2.33. The van der Waals surface area contributed by atoms with E-state index >= 15 is 0 Å². The van der Waals surface area contributed by atoms with Crippen LogP contribution >= 0.6 is 11.6 Å². The summed E-state index contributed by atoms with van der Waals surface area (Å²) in [6.07, 6.45) is 1.07. The van der Waals surface area contributed by atoms with E-state index in [0.29, 0.717) is 35.0 Å². The Morgan fingerprint density at radius 3 is 2.17 bits per heavy atom. The summed E-state index contributed by atoms with van der Waals surface area (Å²) in [5.74, 6) is -0.505. The number of hydrogen-bond acceptors (Lipinski definition) is 5. The normalized spacial score (nSPS) is 13.8. The van der Waals surface area contributed by atoms with Crippen LogP contribution in [0.4, 0.5) is 10.5 Å². The zero-order chi connectivity index (χ0) is 31.8. The Hall–Kier alpha value is -3.26. The number of amides is 3. The zero-order valence-corrected chi connectivity index (χ0v) is 27.2. The number of halogens is 1. The molecule has 0 saturated carbocycles. The maximum absolute atomic E-state index is 14.5. The Balaban J connectivity index is 2.67. The van der Waals surface area contributed by atoms with Crippen molar-refractivity contribution in [3.63, 3.8) is 0 Å². The number of phenols is 1. The topological polar surface area (TPSA) is 108 Å². The zero-order valence-electron chi connectivity index (χ0n) is 26.5. The summed E-state index contributed by atoms with van der Waals surface area (Å²) in [5, 5.41) is 16.5. The molecule has 2 aromatic rings. The lowest BCUT2D eigenvalue weighted by molar-refractivity contribution is -0.144. The summed E-state index contributed by atoms with van der Waals surface area (Å²) in [5.41, 5.74) is 0.890. The SMILES string of the molecule is Cc1cccc(Cl)c1NC(=O)C(c1cccc(O)c1)N(C(=O)C(CC(C)C)NC(=O)OC(C)(C)C)C(C)CCC(C)C. The standard InChI is InChI=1S/C33H48ClN3O5/c1-20(2)16-17-23(6)37(31(40)27(18-21(3)4)35-32(41)42-33(7,8)9)29(24-13-11-14-25(38)19-24)30(39)36-28-22(5)12-10-15-26(28)34/h10-15,19-21,23,27,29,38H,16-18H2,1-9H3,(H,35,41)(H,36,39). The summed E-state index contributed by atoms with van der Waals surface area (Å²) in [7, 11) is 0. The lowest BCUT2D eigenvalue weighted by atomic mass is 9.95. The van der Waals surface area contributed by atoms with E-state index in [2.05, 4.69) is 24.5 Å². The van der Waals surface area contributed by atoms with Gasteiger partial charge in [0.2, 0.25) is 5.91 Å². The number of phenolic OH excluding ortho intramolecular Hbond substituents is 1. The largest absolute Gasteiger partial charge is 0.508 e. The van der Waals surface area contributed by atoms with Crippen LogP contribution in [-0.4, -0.2) is 45.6 Å². The van der Waals surface area contributed by atoms with Crippen molar-refractivity contribution >= 4 is 35.2 Å². The minimum atomic E-state index is -1.13. The minimum Gasteiger partial charge on any atom is -0.508 e. The molecule has 3 amide bonds. The second kappa shape index (κ2) is 15.3. The van der Waals surface area contributed by atoms with Gasteiger partial charge in [-0.15, -0.1) is 0 Å². The van der Waals surface area contributed by atoms with Gasteiger partial charge in [0.25, 0.3) is 5.91 Å². The monoisotopic (exact) mass is 601 g/mol. The maximum Gasteiger partial charge on any atom is 0.408 e. The molecule has 3 N–H and O–H groups in total. The first-order valence-corrected chi connectivity index (χ1v) is 15.0. The van der Waals surface area contributed by atoms with Crippen LogP contribution in [0.25, 0.3) is 0 Å². The first kappa shape index (κ1) is 34.9. The molecule has 0 spiro atoms. The third-order valence-electron chi connectivity index (χ3n) is 6.77. The van der Waals surface area contributed by atoms with Gasteiger partial charge in [-0.3, -0.25) is 9.59 Å². The fourth-order valence-corrected chi connectivity index (χ4v) is 5.02. The number of anilines is 1. The van der Waals surface area contributed by atoms with Crippen molar-refractivity contribution in [3.8, 4) is 5.75 Å². The second-order valence-electron chi connectivity index (χ2n) is 12.8. The highest BCUT2D eigenvalue weighted by atomic mass is 35.5. The van der Waals surface area contributed by atoms with Crippen molar-refractivity contribution in [1.29, 1.82) is 0 Å². The Labute approximate surface area is 256 Å². The molecule has 0 radical (unpaired) electrons. The van der Waals surface area contributed by atoms with Gasteiger partial charge in [-0.05, 0) is 95.0 Å². The summed E-state index contributed by atoms with van der Waals surface area (Å²) in [4.78, 5) is 43.2. The molecule has 0 fully saturated rings. The molecular weight excluding hydrogens is 554 g/mol. The number of aromatic hydroxyl groups is 1. The van der Waals surface area contributed by atoms with Crippen molar-refractivity contribution in [2.75, 3.05) is 5.32 Å². The molecule has 9 heteroatoms. The van der Waals surface area contributed by atoms with Crippen LogP contribution in [0.5, 0.6) is 5.75 Å². The maximum atomic E-state index is 14.5. The van der Waals surface area contributed by atoms with Crippen molar-refractivity contribution in [2.24, 2.45) is 11.8 Å². The number of alkyl carbamates (subject to hydrolysis) is 1. The number of carbonyl (C=O) groups is 3. The highest BCUT2D eigenvalue weighted by molar-refractivity contribution is 6.34. The number of para-hydroxylation sites is 1. The molecule has 0 aliphatic heterocycles. The van der Waals surface area contributed by atoms with E-state index < -0.39 is 35.6 Å². The van der Waals surface area contributed by atoms with Crippen molar-refractivity contribution in [3.05, 3.63) is 58.6 Å². The summed E-state index contributed by atoms with van der Waals surface area (Å²) < 4.78 is 5.48. The van der Waals surface area contributed by atoms with Gasteiger partial charge in [-0.2, -0.15) is 0 Å². The van der Waals surface area contributed by atoms with Crippen LogP contribution < -0.4 is 10.6 Å². The van der Waals surface area contributed by atoms with Gasteiger partial charge in [0.15, 0.2) is 0 Å².